The van der Waals surface area contributed by atoms with E-state index in [1.54, 1.807) is 18.2 Å². The molecule has 0 saturated carbocycles. The fourth-order valence-corrected chi connectivity index (χ4v) is 4.12. The van der Waals surface area contributed by atoms with Crippen LogP contribution in [0, 0.1) is 5.41 Å². The molecule has 1 aliphatic rings. The van der Waals surface area contributed by atoms with E-state index in [2.05, 4.69) is 23.9 Å². The highest BCUT2D eigenvalue weighted by molar-refractivity contribution is 7.89. The highest BCUT2D eigenvalue weighted by Crippen LogP contribution is 2.30. The first-order valence-electron chi connectivity index (χ1n) is 6.80. The number of piperidine rings is 1. The molecular formula is C14H22Cl2N2O2S. The summed E-state index contributed by atoms with van der Waals surface area (Å²) in [7, 11) is -3.56. The Hall–Kier alpha value is -0.330. The molecule has 0 radical (unpaired) electrons. The number of rotatable bonds is 4. The Labute approximate surface area is 138 Å². The van der Waals surface area contributed by atoms with E-state index in [4.69, 9.17) is 11.6 Å². The summed E-state index contributed by atoms with van der Waals surface area (Å²) in [5.41, 5.74) is 0.0846. The Morgan fingerprint density at radius 2 is 2.05 bits per heavy atom. The minimum Gasteiger partial charge on any atom is -0.312 e. The molecule has 1 saturated heterocycles. The highest BCUT2D eigenvalue weighted by Gasteiger charge is 2.32. The van der Waals surface area contributed by atoms with Crippen LogP contribution >= 0.6 is 24.0 Å². The number of hydrogen-bond donors (Lipinski definition) is 2. The average molecular weight is 353 g/mol. The van der Waals surface area contributed by atoms with E-state index < -0.39 is 10.0 Å². The van der Waals surface area contributed by atoms with Crippen molar-refractivity contribution < 1.29 is 8.42 Å². The number of nitrogens with one attached hydrogen (secondary N) is 2. The summed E-state index contributed by atoms with van der Waals surface area (Å²) in [6.07, 6.45) is 2.22. The molecule has 1 aromatic carbocycles. The molecule has 2 N–H and O–H groups in total. The van der Waals surface area contributed by atoms with Crippen molar-refractivity contribution in [2.45, 2.75) is 37.6 Å². The molecule has 0 spiro atoms. The third kappa shape index (κ3) is 4.57. The molecule has 21 heavy (non-hydrogen) atoms. The standard InChI is InChI=1S/C14H21ClN2O2S.ClH/c1-14(2)8-5-9-16-13(14)10-17-20(18,19)12-7-4-3-6-11(12)15;/h3-4,6-7,13,16-17H,5,8-10H2,1-2H3;1H. The van der Waals surface area contributed by atoms with Crippen LogP contribution in [-0.2, 0) is 10.0 Å². The van der Waals surface area contributed by atoms with E-state index in [1.165, 1.54) is 6.07 Å². The maximum Gasteiger partial charge on any atom is 0.242 e. The SMILES string of the molecule is CC1(C)CCCNC1CNS(=O)(=O)c1ccccc1Cl.Cl. The van der Waals surface area contributed by atoms with Gasteiger partial charge in [0.05, 0.1) is 5.02 Å². The van der Waals surface area contributed by atoms with Gasteiger partial charge in [-0.1, -0.05) is 37.6 Å². The van der Waals surface area contributed by atoms with Crippen LogP contribution in [0.1, 0.15) is 26.7 Å². The largest absolute Gasteiger partial charge is 0.312 e. The average Bonchev–Trinajstić information content (AvgIpc) is 2.37. The molecule has 7 heteroatoms. The minimum absolute atomic E-state index is 0. The van der Waals surface area contributed by atoms with Gasteiger partial charge >= 0.3 is 0 Å². The van der Waals surface area contributed by atoms with Gasteiger partial charge in [-0.25, -0.2) is 13.1 Å². The molecule has 0 amide bonds. The molecule has 1 unspecified atom stereocenters. The van der Waals surface area contributed by atoms with Crippen molar-refractivity contribution in [3.8, 4) is 0 Å². The van der Waals surface area contributed by atoms with Crippen molar-refractivity contribution in [3.05, 3.63) is 29.3 Å². The van der Waals surface area contributed by atoms with Gasteiger partial charge in [-0.2, -0.15) is 0 Å². The van der Waals surface area contributed by atoms with Crippen LogP contribution in [0.4, 0.5) is 0 Å². The molecule has 0 aromatic heterocycles. The van der Waals surface area contributed by atoms with Crippen LogP contribution in [-0.4, -0.2) is 27.5 Å². The van der Waals surface area contributed by atoms with Gasteiger partial charge in [-0.3, -0.25) is 0 Å². The first-order chi connectivity index (χ1) is 9.33. The van der Waals surface area contributed by atoms with Gasteiger partial charge in [-0.05, 0) is 36.9 Å². The molecule has 4 nitrogen and oxygen atoms in total. The molecule has 0 bridgehead atoms. The Morgan fingerprint density at radius 3 is 2.67 bits per heavy atom. The Morgan fingerprint density at radius 1 is 1.38 bits per heavy atom. The molecule has 1 heterocycles. The summed E-state index contributed by atoms with van der Waals surface area (Å²) in [6.45, 7) is 5.63. The van der Waals surface area contributed by atoms with Crippen molar-refractivity contribution in [3.63, 3.8) is 0 Å². The molecule has 1 aliphatic heterocycles. The normalized spacial score (nSPS) is 21.6. The lowest BCUT2D eigenvalue weighted by atomic mass is 9.78. The fourth-order valence-electron chi connectivity index (χ4n) is 2.55. The smallest absolute Gasteiger partial charge is 0.242 e. The number of benzene rings is 1. The number of sulfonamides is 1. The zero-order valence-corrected chi connectivity index (χ0v) is 14.6. The lowest BCUT2D eigenvalue weighted by Gasteiger charge is -2.39. The topological polar surface area (TPSA) is 58.2 Å². The first kappa shape index (κ1) is 18.7. The predicted molar refractivity (Wildman–Crippen MR) is 88.7 cm³/mol. The van der Waals surface area contributed by atoms with Crippen LogP contribution in [0.25, 0.3) is 0 Å². The van der Waals surface area contributed by atoms with Gasteiger partial charge in [0.25, 0.3) is 0 Å². The van der Waals surface area contributed by atoms with Gasteiger partial charge in [-0.15, -0.1) is 12.4 Å². The van der Waals surface area contributed by atoms with Gasteiger partial charge in [0, 0.05) is 12.6 Å². The maximum atomic E-state index is 12.3. The van der Waals surface area contributed by atoms with E-state index in [9.17, 15) is 8.42 Å². The molecule has 0 aliphatic carbocycles. The van der Waals surface area contributed by atoms with Gasteiger partial charge in [0.1, 0.15) is 4.90 Å². The molecule has 1 fully saturated rings. The quantitative estimate of drug-likeness (QED) is 0.875. The summed E-state index contributed by atoms with van der Waals surface area (Å²) in [5.74, 6) is 0. The van der Waals surface area contributed by atoms with Crippen LogP contribution in [0.15, 0.2) is 29.2 Å². The van der Waals surface area contributed by atoms with Crippen molar-refractivity contribution in [2.75, 3.05) is 13.1 Å². The second-order valence-corrected chi connectivity index (χ2v) is 8.02. The Bertz CT molecular complexity index is 576. The Balaban J connectivity index is 0.00000220. The summed E-state index contributed by atoms with van der Waals surface area (Å²) in [4.78, 5) is 0.135. The van der Waals surface area contributed by atoms with Crippen molar-refractivity contribution in [2.24, 2.45) is 5.41 Å². The minimum atomic E-state index is -3.56. The zero-order valence-electron chi connectivity index (χ0n) is 12.2. The second kappa shape index (κ2) is 7.29. The van der Waals surface area contributed by atoms with Crippen molar-refractivity contribution in [1.29, 1.82) is 0 Å². The molecule has 2 rings (SSSR count). The third-order valence-electron chi connectivity index (χ3n) is 3.94. The van der Waals surface area contributed by atoms with Gasteiger partial charge in [0.15, 0.2) is 0 Å². The van der Waals surface area contributed by atoms with Crippen molar-refractivity contribution in [1.82, 2.24) is 10.0 Å². The summed E-state index contributed by atoms with van der Waals surface area (Å²) < 4.78 is 27.2. The molecule has 1 atom stereocenters. The lowest BCUT2D eigenvalue weighted by Crippen LogP contribution is -2.52. The number of halogens is 2. The molecule has 120 valence electrons. The van der Waals surface area contributed by atoms with E-state index in [0.717, 1.165) is 19.4 Å². The van der Waals surface area contributed by atoms with Crippen molar-refractivity contribution >= 4 is 34.0 Å². The monoisotopic (exact) mass is 352 g/mol. The van der Waals surface area contributed by atoms with E-state index >= 15 is 0 Å². The second-order valence-electron chi connectivity index (χ2n) is 5.88. The molecule has 1 aromatic rings. The van der Waals surface area contributed by atoms with E-state index in [1.807, 2.05) is 0 Å². The lowest BCUT2D eigenvalue weighted by molar-refractivity contribution is 0.181. The zero-order chi connectivity index (χ0) is 14.8. The summed E-state index contributed by atoms with van der Waals surface area (Å²) in [5, 5.41) is 3.63. The van der Waals surface area contributed by atoms with E-state index in [0.29, 0.717) is 6.54 Å². The van der Waals surface area contributed by atoms with Gasteiger partial charge in [0.2, 0.25) is 10.0 Å². The first-order valence-corrected chi connectivity index (χ1v) is 8.67. The fraction of sp³-hybridized carbons (Fsp3) is 0.571. The van der Waals surface area contributed by atoms with Crippen LogP contribution in [0.2, 0.25) is 5.02 Å². The highest BCUT2D eigenvalue weighted by atomic mass is 35.5. The summed E-state index contributed by atoms with van der Waals surface area (Å²) in [6, 6.07) is 6.62. The van der Waals surface area contributed by atoms with E-state index in [-0.39, 0.29) is 33.8 Å². The Kier molecular flexibility index (Phi) is 6.50. The maximum absolute atomic E-state index is 12.3. The third-order valence-corrected chi connectivity index (χ3v) is 5.86. The molecular weight excluding hydrogens is 331 g/mol. The predicted octanol–water partition coefficient (Wildman–Crippen LogP) is 2.82. The van der Waals surface area contributed by atoms with Crippen LogP contribution in [0.3, 0.4) is 0 Å². The van der Waals surface area contributed by atoms with Crippen LogP contribution < -0.4 is 10.0 Å². The summed E-state index contributed by atoms with van der Waals surface area (Å²) >= 11 is 5.95. The number of hydrogen-bond acceptors (Lipinski definition) is 3. The van der Waals surface area contributed by atoms with Crippen LogP contribution in [0.5, 0.6) is 0 Å². The van der Waals surface area contributed by atoms with Gasteiger partial charge < -0.3 is 5.32 Å².